The van der Waals surface area contributed by atoms with Crippen molar-refractivity contribution in [2.24, 2.45) is 0 Å². The molecule has 0 bridgehead atoms. The predicted octanol–water partition coefficient (Wildman–Crippen LogP) is 4.41. The summed E-state index contributed by atoms with van der Waals surface area (Å²) in [5.74, 6) is 0.100. The van der Waals surface area contributed by atoms with E-state index in [1.54, 1.807) is 32.4 Å². The maximum absolute atomic E-state index is 13.6. The first kappa shape index (κ1) is 26.7. The van der Waals surface area contributed by atoms with Crippen molar-refractivity contribution in [3.05, 3.63) is 59.7 Å². The molecule has 37 heavy (non-hydrogen) atoms. The topological polar surface area (TPSA) is 97.8 Å². The van der Waals surface area contributed by atoms with E-state index in [0.29, 0.717) is 66.3 Å². The van der Waals surface area contributed by atoms with E-state index in [9.17, 15) is 9.18 Å². The van der Waals surface area contributed by atoms with E-state index >= 15 is 0 Å². The Hall–Kier alpha value is -3.31. The molecule has 0 radical (unpaired) electrons. The van der Waals surface area contributed by atoms with Gasteiger partial charge in [-0.3, -0.25) is 9.69 Å². The Morgan fingerprint density at radius 3 is 2.81 bits per heavy atom. The van der Waals surface area contributed by atoms with Gasteiger partial charge in [0.2, 0.25) is 5.91 Å². The van der Waals surface area contributed by atoms with Crippen LogP contribution in [0.4, 0.5) is 21.6 Å². The second kappa shape index (κ2) is 12.8. The lowest BCUT2D eigenvalue weighted by molar-refractivity contribution is -0.112. The van der Waals surface area contributed by atoms with Crippen molar-refractivity contribution in [2.45, 2.75) is 12.5 Å². The summed E-state index contributed by atoms with van der Waals surface area (Å²) >= 11 is 5.92. The fourth-order valence-electron chi connectivity index (χ4n) is 3.93. The highest BCUT2D eigenvalue weighted by Gasteiger charge is 2.26. The smallest absolute Gasteiger partial charge is 0.248 e. The average molecular weight is 530 g/mol. The van der Waals surface area contributed by atoms with Crippen LogP contribution in [0.5, 0.6) is 5.75 Å². The SMILES string of the molecule is COCCOc1cc2ncnc(Nc3ccc(F)c(Cl)c3)c2cc1NC(=O)/C=C/CN1CCC1COC. The number of benzene rings is 2. The van der Waals surface area contributed by atoms with Gasteiger partial charge in [0.15, 0.2) is 0 Å². The number of aromatic nitrogens is 2. The number of nitrogens with one attached hydrogen (secondary N) is 2. The number of hydrogen-bond donors (Lipinski definition) is 2. The first-order valence-corrected chi connectivity index (χ1v) is 12.2. The van der Waals surface area contributed by atoms with E-state index in [1.165, 1.54) is 24.5 Å². The Labute approximate surface area is 219 Å². The predicted molar refractivity (Wildman–Crippen MR) is 141 cm³/mol. The summed E-state index contributed by atoms with van der Waals surface area (Å²) in [6.45, 7) is 3.00. The van der Waals surface area contributed by atoms with Gasteiger partial charge in [-0.05, 0) is 30.7 Å². The van der Waals surface area contributed by atoms with Gasteiger partial charge in [-0.15, -0.1) is 0 Å². The number of halogens is 2. The molecule has 196 valence electrons. The Morgan fingerprint density at radius 2 is 2.08 bits per heavy atom. The lowest BCUT2D eigenvalue weighted by atomic mass is 10.0. The number of carbonyl (C=O) groups excluding carboxylic acids is 1. The van der Waals surface area contributed by atoms with Crippen LogP contribution >= 0.6 is 11.6 Å². The molecule has 1 unspecified atom stereocenters. The fraction of sp³-hybridized carbons (Fsp3) is 0.346. The molecule has 1 aliphatic rings. The average Bonchev–Trinajstić information content (AvgIpc) is 2.87. The maximum atomic E-state index is 13.6. The van der Waals surface area contributed by atoms with Crippen LogP contribution in [0.1, 0.15) is 6.42 Å². The quantitative estimate of drug-likeness (QED) is 0.263. The van der Waals surface area contributed by atoms with Crippen LogP contribution in [0.2, 0.25) is 5.02 Å². The second-order valence-corrected chi connectivity index (χ2v) is 8.87. The van der Waals surface area contributed by atoms with Crippen molar-refractivity contribution >= 4 is 45.6 Å². The number of fused-ring (bicyclic) bond motifs is 1. The molecule has 9 nitrogen and oxygen atoms in total. The number of anilines is 3. The van der Waals surface area contributed by atoms with Crippen LogP contribution in [0.25, 0.3) is 10.9 Å². The van der Waals surface area contributed by atoms with E-state index in [4.69, 9.17) is 25.8 Å². The van der Waals surface area contributed by atoms with Gasteiger partial charge in [0.05, 0.1) is 29.4 Å². The molecular weight excluding hydrogens is 501 g/mol. The molecule has 0 aliphatic carbocycles. The minimum absolute atomic E-state index is 0.0105. The summed E-state index contributed by atoms with van der Waals surface area (Å²) in [6, 6.07) is 8.15. The van der Waals surface area contributed by atoms with Gasteiger partial charge in [-0.25, -0.2) is 14.4 Å². The van der Waals surface area contributed by atoms with Gasteiger partial charge in [-0.2, -0.15) is 0 Å². The minimum Gasteiger partial charge on any atom is -0.489 e. The monoisotopic (exact) mass is 529 g/mol. The van der Waals surface area contributed by atoms with Crippen molar-refractivity contribution in [2.75, 3.05) is 57.8 Å². The number of methoxy groups -OCH3 is 2. The lowest BCUT2D eigenvalue weighted by Gasteiger charge is -2.39. The molecule has 1 aliphatic heterocycles. The van der Waals surface area contributed by atoms with Crippen molar-refractivity contribution in [3.63, 3.8) is 0 Å². The largest absolute Gasteiger partial charge is 0.489 e. The highest BCUT2D eigenvalue weighted by atomic mass is 35.5. The number of ether oxygens (including phenoxy) is 3. The number of likely N-dealkylation sites (tertiary alicyclic amines) is 1. The third-order valence-electron chi connectivity index (χ3n) is 5.96. The summed E-state index contributed by atoms with van der Waals surface area (Å²) in [7, 11) is 3.27. The van der Waals surface area contributed by atoms with Gasteiger partial charge in [-0.1, -0.05) is 17.7 Å². The molecule has 3 aromatic rings. The summed E-state index contributed by atoms with van der Waals surface area (Å²) in [5, 5.41) is 6.65. The molecule has 1 fully saturated rings. The lowest BCUT2D eigenvalue weighted by Crippen LogP contribution is -2.50. The van der Waals surface area contributed by atoms with Gasteiger partial charge >= 0.3 is 0 Å². The number of nitrogens with zero attached hydrogens (tertiary/aromatic N) is 3. The molecule has 1 amide bonds. The molecular formula is C26H29ClFN5O4. The zero-order chi connectivity index (χ0) is 26.2. The summed E-state index contributed by atoms with van der Waals surface area (Å²) in [6.07, 6.45) is 5.84. The van der Waals surface area contributed by atoms with Crippen LogP contribution < -0.4 is 15.4 Å². The standard InChI is InChI=1S/C26H29ClFN5O4/c1-35-10-11-37-24-14-22-19(26(30-16-29-22)31-17-5-6-21(28)20(27)12-17)13-23(24)32-25(34)4-3-8-33-9-7-18(33)15-36-2/h3-6,12-14,16,18H,7-11,15H2,1-2H3,(H,32,34)(H,29,30,31)/b4-3+. The van der Waals surface area contributed by atoms with Crippen LogP contribution in [-0.2, 0) is 14.3 Å². The molecule has 1 aromatic heterocycles. The highest BCUT2D eigenvalue weighted by molar-refractivity contribution is 6.31. The van der Waals surface area contributed by atoms with Crippen molar-refractivity contribution in [3.8, 4) is 5.75 Å². The van der Waals surface area contributed by atoms with Crippen LogP contribution in [0.15, 0.2) is 48.8 Å². The summed E-state index contributed by atoms with van der Waals surface area (Å²) in [5.41, 5.74) is 1.60. The Bertz CT molecular complexity index is 1280. The van der Waals surface area contributed by atoms with E-state index in [1.807, 2.05) is 6.08 Å². The third-order valence-corrected chi connectivity index (χ3v) is 6.25. The normalized spacial score (nSPS) is 15.6. The van der Waals surface area contributed by atoms with Crippen LogP contribution in [-0.4, -0.2) is 73.9 Å². The molecule has 11 heteroatoms. The number of amides is 1. The molecule has 2 heterocycles. The molecule has 0 saturated carbocycles. The molecule has 4 rings (SSSR count). The Kier molecular flexibility index (Phi) is 9.24. The molecule has 2 N–H and O–H groups in total. The van der Waals surface area contributed by atoms with E-state index < -0.39 is 5.82 Å². The molecule has 1 saturated heterocycles. The minimum atomic E-state index is -0.515. The van der Waals surface area contributed by atoms with E-state index in [2.05, 4.69) is 25.5 Å². The van der Waals surface area contributed by atoms with Gasteiger partial charge in [0, 0.05) is 56.6 Å². The van der Waals surface area contributed by atoms with E-state index in [0.717, 1.165) is 13.0 Å². The number of carbonyl (C=O) groups is 1. The van der Waals surface area contributed by atoms with Crippen molar-refractivity contribution in [1.29, 1.82) is 0 Å². The van der Waals surface area contributed by atoms with Gasteiger partial charge < -0.3 is 24.8 Å². The Morgan fingerprint density at radius 1 is 1.22 bits per heavy atom. The fourth-order valence-corrected chi connectivity index (χ4v) is 4.11. The Balaban J connectivity index is 1.55. The second-order valence-electron chi connectivity index (χ2n) is 8.47. The van der Waals surface area contributed by atoms with Gasteiger partial charge in [0.25, 0.3) is 0 Å². The summed E-state index contributed by atoms with van der Waals surface area (Å²) in [4.78, 5) is 23.7. The maximum Gasteiger partial charge on any atom is 0.248 e. The first-order chi connectivity index (χ1) is 18.0. The first-order valence-electron chi connectivity index (χ1n) is 11.8. The molecule has 0 spiro atoms. The van der Waals surface area contributed by atoms with Crippen molar-refractivity contribution < 1.29 is 23.4 Å². The van der Waals surface area contributed by atoms with E-state index in [-0.39, 0.29) is 10.9 Å². The van der Waals surface area contributed by atoms with Crippen LogP contribution in [0.3, 0.4) is 0 Å². The molecule has 2 aromatic carbocycles. The molecule has 1 atom stereocenters. The van der Waals surface area contributed by atoms with Crippen molar-refractivity contribution in [1.82, 2.24) is 14.9 Å². The van der Waals surface area contributed by atoms with Crippen LogP contribution in [0, 0.1) is 5.82 Å². The highest BCUT2D eigenvalue weighted by Crippen LogP contribution is 2.34. The zero-order valence-corrected chi connectivity index (χ0v) is 21.4. The van der Waals surface area contributed by atoms with Gasteiger partial charge in [0.1, 0.15) is 30.3 Å². The third kappa shape index (κ3) is 6.92. The number of rotatable bonds is 12. The zero-order valence-electron chi connectivity index (χ0n) is 20.7. The number of hydrogen-bond acceptors (Lipinski definition) is 8. The summed E-state index contributed by atoms with van der Waals surface area (Å²) < 4.78 is 29.7.